The van der Waals surface area contributed by atoms with E-state index in [1.54, 1.807) is 25.4 Å². The molecule has 0 bridgehead atoms. The Balaban J connectivity index is 1.77. The van der Waals surface area contributed by atoms with Gasteiger partial charge < -0.3 is 19.5 Å². The Morgan fingerprint density at radius 2 is 2.00 bits per heavy atom. The number of amides is 2. The van der Waals surface area contributed by atoms with E-state index in [2.05, 4.69) is 4.98 Å². The van der Waals surface area contributed by atoms with Crippen LogP contribution in [0.15, 0.2) is 41.5 Å². The summed E-state index contributed by atoms with van der Waals surface area (Å²) < 4.78 is 14.6. The Hall–Kier alpha value is -3.53. The van der Waals surface area contributed by atoms with E-state index < -0.39 is 23.1 Å². The molecule has 0 aliphatic carbocycles. The van der Waals surface area contributed by atoms with Crippen LogP contribution < -0.4 is 5.43 Å². The fourth-order valence-electron chi connectivity index (χ4n) is 3.77. The van der Waals surface area contributed by atoms with Crippen molar-refractivity contribution in [1.29, 1.82) is 0 Å². The van der Waals surface area contributed by atoms with Gasteiger partial charge in [0.15, 0.2) is 11.4 Å². The smallest absolute Gasteiger partial charge is 0.274 e. The highest BCUT2D eigenvalue weighted by molar-refractivity contribution is 7.15. The van der Waals surface area contributed by atoms with Crippen LogP contribution in [0.25, 0.3) is 10.6 Å². The molecule has 2 aromatic heterocycles. The summed E-state index contributed by atoms with van der Waals surface area (Å²) in [7, 11) is 3.18. The van der Waals surface area contributed by atoms with Crippen LogP contribution in [0.3, 0.4) is 0 Å². The number of hydrogen-bond donors (Lipinski definition) is 1. The van der Waals surface area contributed by atoms with Crippen LogP contribution in [-0.2, 0) is 11.2 Å². The molecule has 1 aromatic carbocycles. The van der Waals surface area contributed by atoms with Crippen LogP contribution in [0, 0.1) is 5.82 Å². The SMILES string of the molecule is CCN(C)C(=O)C1CN(C)C(=O)c2c(O)c(=O)c(-c3ncc(Cc4ccc(F)cc4)s3)cn21. The number of halogens is 1. The van der Waals surface area contributed by atoms with E-state index in [-0.39, 0.29) is 29.5 Å². The molecule has 0 saturated carbocycles. The van der Waals surface area contributed by atoms with E-state index in [1.165, 1.54) is 51.1 Å². The third kappa shape index (κ3) is 4.13. The van der Waals surface area contributed by atoms with Crippen molar-refractivity contribution in [3.05, 3.63) is 68.8 Å². The van der Waals surface area contributed by atoms with Crippen molar-refractivity contribution < 1.29 is 19.1 Å². The molecule has 3 aromatic rings. The molecule has 0 spiro atoms. The van der Waals surface area contributed by atoms with E-state index in [1.807, 2.05) is 6.92 Å². The number of hydrogen-bond acceptors (Lipinski definition) is 6. The average molecular weight is 471 g/mol. The number of benzene rings is 1. The first-order chi connectivity index (χ1) is 15.7. The molecule has 8 nitrogen and oxygen atoms in total. The fraction of sp³-hybridized carbons (Fsp3) is 0.304. The summed E-state index contributed by atoms with van der Waals surface area (Å²) in [6.45, 7) is 2.42. The number of rotatable bonds is 5. The van der Waals surface area contributed by atoms with Crippen molar-refractivity contribution in [2.45, 2.75) is 19.4 Å². The zero-order chi connectivity index (χ0) is 23.9. The van der Waals surface area contributed by atoms with Gasteiger partial charge in [0.25, 0.3) is 5.91 Å². The maximum Gasteiger partial charge on any atom is 0.274 e. The molecule has 1 aliphatic heterocycles. The zero-order valence-electron chi connectivity index (χ0n) is 18.4. The largest absolute Gasteiger partial charge is 0.503 e. The van der Waals surface area contributed by atoms with Crippen molar-refractivity contribution in [3.8, 4) is 16.3 Å². The number of pyridine rings is 1. The van der Waals surface area contributed by atoms with Crippen LogP contribution in [0.2, 0.25) is 0 Å². The van der Waals surface area contributed by atoms with Gasteiger partial charge in [-0.2, -0.15) is 0 Å². The van der Waals surface area contributed by atoms with E-state index in [4.69, 9.17) is 0 Å². The van der Waals surface area contributed by atoms with Crippen molar-refractivity contribution in [1.82, 2.24) is 19.4 Å². The van der Waals surface area contributed by atoms with Crippen LogP contribution in [-0.4, -0.2) is 63.5 Å². The highest BCUT2D eigenvalue weighted by Crippen LogP contribution is 2.31. The quantitative estimate of drug-likeness (QED) is 0.618. The third-order valence-corrected chi connectivity index (χ3v) is 6.78. The molecular formula is C23H23FN4O4S. The van der Waals surface area contributed by atoms with Gasteiger partial charge in [-0.05, 0) is 24.6 Å². The standard InChI is InChI=1S/C23H23FN4O4S/c1-4-26(2)22(31)17-12-27(3)23(32)18-20(30)19(29)16(11-28(17)18)21-25-10-15(33-21)9-13-5-7-14(24)8-6-13/h5-8,10-11,17,30H,4,9,12H2,1-3H3. The van der Waals surface area contributed by atoms with Crippen molar-refractivity contribution >= 4 is 23.2 Å². The minimum absolute atomic E-state index is 0.112. The number of aromatic hydroxyl groups is 1. The van der Waals surface area contributed by atoms with E-state index in [0.717, 1.165) is 10.4 Å². The Bertz CT molecular complexity index is 1280. The maximum atomic E-state index is 13.2. The predicted octanol–water partition coefficient (Wildman–Crippen LogP) is 2.51. The lowest BCUT2D eigenvalue weighted by atomic mass is 10.1. The first-order valence-electron chi connectivity index (χ1n) is 10.4. The Labute approximate surface area is 193 Å². The second kappa shape index (κ2) is 8.78. The normalized spacial score (nSPS) is 15.5. The monoisotopic (exact) mass is 470 g/mol. The number of aromatic nitrogens is 2. The van der Waals surface area contributed by atoms with Gasteiger partial charge in [-0.15, -0.1) is 11.3 Å². The third-order valence-electron chi connectivity index (χ3n) is 5.75. The molecule has 0 saturated heterocycles. The fourth-order valence-corrected chi connectivity index (χ4v) is 4.72. The summed E-state index contributed by atoms with van der Waals surface area (Å²) in [5.74, 6) is -1.78. The lowest BCUT2D eigenvalue weighted by Gasteiger charge is -2.35. The molecule has 1 N–H and O–H groups in total. The highest BCUT2D eigenvalue weighted by Gasteiger charge is 2.37. The molecule has 33 heavy (non-hydrogen) atoms. The molecule has 1 unspecified atom stereocenters. The minimum atomic E-state index is -0.781. The number of thiazole rings is 1. The van der Waals surface area contributed by atoms with Crippen LogP contribution in [0.4, 0.5) is 4.39 Å². The van der Waals surface area contributed by atoms with Crippen LogP contribution in [0.5, 0.6) is 5.75 Å². The number of carbonyl (C=O) groups is 2. The van der Waals surface area contributed by atoms with E-state index >= 15 is 0 Å². The molecule has 0 fully saturated rings. The van der Waals surface area contributed by atoms with Gasteiger partial charge in [-0.1, -0.05) is 12.1 Å². The van der Waals surface area contributed by atoms with Gasteiger partial charge in [-0.25, -0.2) is 9.37 Å². The lowest BCUT2D eigenvalue weighted by molar-refractivity contribution is -0.133. The molecular weight excluding hydrogens is 447 g/mol. The minimum Gasteiger partial charge on any atom is -0.503 e. The van der Waals surface area contributed by atoms with E-state index in [9.17, 15) is 23.9 Å². The summed E-state index contributed by atoms with van der Waals surface area (Å²) in [6, 6.07) is 5.33. The van der Waals surface area contributed by atoms with Crippen molar-refractivity contribution in [2.75, 3.05) is 27.2 Å². The molecule has 3 heterocycles. The average Bonchev–Trinajstić information content (AvgIpc) is 3.26. The zero-order valence-corrected chi connectivity index (χ0v) is 19.2. The Morgan fingerprint density at radius 1 is 1.30 bits per heavy atom. The second-order valence-corrected chi connectivity index (χ2v) is 9.08. The first-order valence-corrected chi connectivity index (χ1v) is 11.2. The molecule has 2 amide bonds. The number of likely N-dealkylation sites (N-methyl/N-ethyl adjacent to an activating group) is 2. The van der Waals surface area contributed by atoms with Gasteiger partial charge in [0.05, 0.1) is 12.1 Å². The predicted molar refractivity (Wildman–Crippen MR) is 122 cm³/mol. The number of fused-ring (bicyclic) bond motifs is 1. The first kappa shape index (κ1) is 22.7. The van der Waals surface area contributed by atoms with Gasteiger partial charge >= 0.3 is 0 Å². The summed E-state index contributed by atoms with van der Waals surface area (Å²) in [5.41, 5.74) is 0.0745. The van der Waals surface area contributed by atoms with Gasteiger partial charge in [-0.3, -0.25) is 14.4 Å². The second-order valence-electron chi connectivity index (χ2n) is 7.97. The molecule has 1 aliphatic rings. The van der Waals surface area contributed by atoms with Crippen molar-refractivity contribution in [2.24, 2.45) is 0 Å². The summed E-state index contributed by atoms with van der Waals surface area (Å²) in [4.78, 5) is 46.7. The summed E-state index contributed by atoms with van der Waals surface area (Å²) in [6.07, 6.45) is 3.56. The molecule has 10 heteroatoms. The summed E-state index contributed by atoms with van der Waals surface area (Å²) >= 11 is 1.26. The highest BCUT2D eigenvalue weighted by atomic mass is 32.1. The number of carbonyl (C=O) groups excluding carboxylic acids is 2. The molecule has 0 radical (unpaired) electrons. The van der Waals surface area contributed by atoms with Gasteiger partial charge in [0.1, 0.15) is 16.9 Å². The van der Waals surface area contributed by atoms with Crippen LogP contribution in [0.1, 0.15) is 33.9 Å². The molecule has 172 valence electrons. The summed E-state index contributed by atoms with van der Waals surface area (Å²) in [5, 5.41) is 11.0. The molecule has 4 rings (SSSR count). The van der Waals surface area contributed by atoms with Crippen molar-refractivity contribution in [3.63, 3.8) is 0 Å². The van der Waals surface area contributed by atoms with Gasteiger partial charge in [0.2, 0.25) is 11.3 Å². The van der Waals surface area contributed by atoms with Crippen LogP contribution >= 0.6 is 11.3 Å². The number of nitrogens with zero attached hydrogens (tertiary/aromatic N) is 4. The topological polar surface area (TPSA) is 95.7 Å². The Kier molecular flexibility index (Phi) is 6.03. The maximum absolute atomic E-state index is 13.2. The lowest BCUT2D eigenvalue weighted by Crippen LogP contribution is -2.48. The molecule has 1 atom stereocenters. The van der Waals surface area contributed by atoms with Gasteiger partial charge in [0, 0.05) is 44.3 Å². The Morgan fingerprint density at radius 3 is 2.67 bits per heavy atom. The van der Waals surface area contributed by atoms with E-state index in [0.29, 0.717) is 18.0 Å².